The molecule has 5 nitrogen and oxygen atoms in total. The molecule has 2 rings (SSSR count). The second-order valence-corrected chi connectivity index (χ2v) is 9.22. The van der Waals surface area contributed by atoms with E-state index in [9.17, 15) is 4.21 Å². The van der Waals surface area contributed by atoms with E-state index in [1.807, 2.05) is 14.0 Å². The molecule has 2 saturated carbocycles. The summed E-state index contributed by atoms with van der Waals surface area (Å²) in [6.45, 7) is 4.00. The lowest BCUT2D eigenvalue weighted by Crippen LogP contribution is -2.48. The first-order chi connectivity index (χ1) is 11.6. The molecule has 0 aliphatic heterocycles. The molecule has 0 radical (unpaired) electrons. The maximum absolute atomic E-state index is 12.1. The number of aliphatic imine (C=N–C) groups is 1. The fraction of sp³-hybridized carbons (Fsp3) is 0.944. The lowest BCUT2D eigenvalue weighted by atomic mass is 9.95. The van der Waals surface area contributed by atoms with Gasteiger partial charge in [-0.05, 0) is 39.2 Å². The average molecular weight is 357 g/mol. The lowest BCUT2D eigenvalue weighted by Gasteiger charge is -2.30. The summed E-state index contributed by atoms with van der Waals surface area (Å²) in [4.78, 5) is 6.85. The van der Waals surface area contributed by atoms with Gasteiger partial charge >= 0.3 is 0 Å². The number of likely N-dealkylation sites (N-methyl/N-ethyl adjacent to an activating group) is 1. The molecule has 3 unspecified atom stereocenters. The molecule has 2 N–H and O–H groups in total. The van der Waals surface area contributed by atoms with Crippen molar-refractivity contribution in [3.8, 4) is 0 Å². The van der Waals surface area contributed by atoms with Crippen molar-refractivity contribution < 1.29 is 4.21 Å². The number of hydrogen-bond donors (Lipinski definition) is 2. The molecule has 2 aliphatic carbocycles. The second-order valence-electron chi connectivity index (χ2n) is 7.22. The predicted octanol–water partition coefficient (Wildman–Crippen LogP) is 2.11. The molecular formula is C18H36N4OS. The van der Waals surface area contributed by atoms with Gasteiger partial charge in [-0.2, -0.15) is 0 Å². The van der Waals surface area contributed by atoms with Crippen molar-refractivity contribution >= 4 is 16.8 Å². The normalized spacial score (nSPS) is 27.4. The quantitative estimate of drug-likeness (QED) is 0.542. The summed E-state index contributed by atoms with van der Waals surface area (Å²) in [5.41, 5.74) is 0. The van der Waals surface area contributed by atoms with Gasteiger partial charge in [-0.15, -0.1) is 0 Å². The Morgan fingerprint density at radius 2 is 1.96 bits per heavy atom. The molecule has 24 heavy (non-hydrogen) atoms. The molecule has 0 aromatic carbocycles. The van der Waals surface area contributed by atoms with Crippen molar-refractivity contribution in [3.63, 3.8) is 0 Å². The van der Waals surface area contributed by atoms with Crippen molar-refractivity contribution in [2.24, 2.45) is 4.99 Å². The Hall–Kier alpha value is -0.620. The van der Waals surface area contributed by atoms with Crippen molar-refractivity contribution in [3.05, 3.63) is 0 Å². The third-order valence-electron chi connectivity index (χ3n) is 5.55. The summed E-state index contributed by atoms with van der Waals surface area (Å²) in [6, 6.07) is 1.17. The molecule has 140 valence electrons. The van der Waals surface area contributed by atoms with E-state index in [0.717, 1.165) is 56.5 Å². The topological polar surface area (TPSA) is 56.7 Å². The monoisotopic (exact) mass is 356 g/mol. The number of guanidine groups is 1. The standard InChI is InChI=1S/C18H36N4OS/c1-4-24(23)17-11-7-8-15(14-17)21-18(19-2)20-12-13-22(3)16-9-5-6-10-16/h15-17H,4-14H2,1-3H3,(H2,19,20,21). The van der Waals surface area contributed by atoms with Gasteiger partial charge in [-0.3, -0.25) is 9.20 Å². The first-order valence-electron chi connectivity index (χ1n) is 9.68. The zero-order valence-corrected chi connectivity index (χ0v) is 16.5. The summed E-state index contributed by atoms with van der Waals surface area (Å²) in [5, 5.41) is 7.35. The largest absolute Gasteiger partial charge is 0.355 e. The molecule has 2 aliphatic rings. The third-order valence-corrected chi connectivity index (χ3v) is 7.29. The first kappa shape index (κ1) is 19.7. The number of rotatable bonds is 7. The van der Waals surface area contributed by atoms with Gasteiger partial charge in [0.15, 0.2) is 5.96 Å². The predicted molar refractivity (Wildman–Crippen MR) is 104 cm³/mol. The van der Waals surface area contributed by atoms with Crippen LogP contribution >= 0.6 is 0 Å². The highest BCUT2D eigenvalue weighted by atomic mass is 32.2. The van der Waals surface area contributed by atoms with Crippen LogP contribution in [0.3, 0.4) is 0 Å². The molecule has 0 aromatic rings. The van der Waals surface area contributed by atoms with Crippen LogP contribution in [0.5, 0.6) is 0 Å². The summed E-state index contributed by atoms with van der Waals surface area (Å²) >= 11 is 0. The first-order valence-corrected chi connectivity index (χ1v) is 11.1. The van der Waals surface area contributed by atoms with E-state index in [1.54, 1.807) is 0 Å². The van der Waals surface area contributed by atoms with Crippen LogP contribution in [0.1, 0.15) is 58.3 Å². The zero-order valence-electron chi connectivity index (χ0n) is 15.7. The molecule has 2 fully saturated rings. The smallest absolute Gasteiger partial charge is 0.191 e. The van der Waals surface area contributed by atoms with Crippen LogP contribution in [-0.2, 0) is 10.8 Å². The minimum Gasteiger partial charge on any atom is -0.355 e. The highest BCUT2D eigenvalue weighted by Gasteiger charge is 2.26. The van der Waals surface area contributed by atoms with E-state index in [4.69, 9.17) is 0 Å². The van der Waals surface area contributed by atoms with Crippen LogP contribution in [-0.4, -0.2) is 65.3 Å². The Morgan fingerprint density at radius 1 is 1.21 bits per heavy atom. The van der Waals surface area contributed by atoms with Crippen LogP contribution in [0.2, 0.25) is 0 Å². The Bertz CT molecular complexity index is 423. The Labute approximate surface area is 150 Å². The summed E-state index contributed by atoms with van der Waals surface area (Å²) < 4.78 is 12.1. The van der Waals surface area contributed by atoms with Crippen molar-refractivity contribution in [1.82, 2.24) is 15.5 Å². The molecule has 0 bridgehead atoms. The highest BCUT2D eigenvalue weighted by molar-refractivity contribution is 7.85. The Balaban J connectivity index is 1.70. The van der Waals surface area contributed by atoms with Crippen molar-refractivity contribution in [1.29, 1.82) is 0 Å². The average Bonchev–Trinajstić information content (AvgIpc) is 3.15. The highest BCUT2D eigenvalue weighted by Crippen LogP contribution is 2.23. The number of hydrogen-bond acceptors (Lipinski definition) is 3. The van der Waals surface area contributed by atoms with Crippen LogP contribution in [0.25, 0.3) is 0 Å². The van der Waals surface area contributed by atoms with Crippen LogP contribution in [0.15, 0.2) is 4.99 Å². The van der Waals surface area contributed by atoms with E-state index in [2.05, 4.69) is 27.6 Å². The summed E-state index contributed by atoms with van der Waals surface area (Å²) in [7, 11) is 3.40. The van der Waals surface area contributed by atoms with Crippen LogP contribution < -0.4 is 10.6 Å². The van der Waals surface area contributed by atoms with Crippen molar-refractivity contribution in [2.75, 3.05) is 32.9 Å². The lowest BCUT2D eigenvalue weighted by molar-refractivity contribution is 0.249. The second kappa shape index (κ2) is 10.4. The summed E-state index contributed by atoms with van der Waals surface area (Å²) in [6.07, 6.45) is 9.89. The van der Waals surface area contributed by atoms with Gasteiger partial charge in [-0.1, -0.05) is 26.2 Å². The van der Waals surface area contributed by atoms with Gasteiger partial charge in [-0.25, -0.2) is 0 Å². The molecule has 0 saturated heterocycles. The Morgan fingerprint density at radius 3 is 2.62 bits per heavy atom. The van der Waals surface area contributed by atoms with E-state index in [-0.39, 0.29) is 0 Å². The minimum atomic E-state index is -0.671. The van der Waals surface area contributed by atoms with Gasteiger partial charge in [0.2, 0.25) is 0 Å². The van der Waals surface area contributed by atoms with Crippen LogP contribution in [0.4, 0.5) is 0 Å². The Kier molecular flexibility index (Phi) is 8.53. The van der Waals surface area contributed by atoms with Gasteiger partial charge in [0.25, 0.3) is 0 Å². The van der Waals surface area contributed by atoms with Gasteiger partial charge < -0.3 is 15.5 Å². The fourth-order valence-electron chi connectivity index (χ4n) is 4.02. The van der Waals surface area contributed by atoms with Crippen LogP contribution in [0, 0.1) is 0 Å². The minimum absolute atomic E-state index is 0.354. The molecule has 0 aromatic heterocycles. The molecule has 3 atom stereocenters. The van der Waals surface area contributed by atoms with E-state index in [1.165, 1.54) is 25.7 Å². The maximum Gasteiger partial charge on any atom is 0.191 e. The fourth-order valence-corrected chi connectivity index (χ4v) is 5.36. The van der Waals surface area contributed by atoms with Crippen molar-refractivity contribution in [2.45, 2.75) is 75.6 Å². The van der Waals surface area contributed by atoms with Gasteiger partial charge in [0.1, 0.15) is 0 Å². The SMILES string of the molecule is CCS(=O)C1CCCC(NC(=NC)NCCN(C)C2CCCC2)C1. The summed E-state index contributed by atoms with van der Waals surface area (Å²) in [5.74, 6) is 1.67. The van der Waals surface area contributed by atoms with Gasteiger partial charge in [0, 0.05) is 54.0 Å². The third kappa shape index (κ3) is 6.03. The maximum atomic E-state index is 12.1. The molecule has 6 heteroatoms. The molecule has 0 amide bonds. The van der Waals surface area contributed by atoms with E-state index in [0.29, 0.717) is 11.3 Å². The number of nitrogens with zero attached hydrogens (tertiary/aromatic N) is 2. The zero-order chi connectivity index (χ0) is 17.4. The number of nitrogens with one attached hydrogen (secondary N) is 2. The van der Waals surface area contributed by atoms with E-state index >= 15 is 0 Å². The van der Waals surface area contributed by atoms with E-state index < -0.39 is 10.8 Å². The molecule has 0 heterocycles. The molecular weight excluding hydrogens is 320 g/mol. The van der Waals surface area contributed by atoms with Gasteiger partial charge in [0.05, 0.1) is 0 Å². The molecule has 0 spiro atoms.